The molecule has 1 atom stereocenters. The van der Waals surface area contributed by atoms with Gasteiger partial charge in [-0.2, -0.15) is 13.2 Å². The summed E-state index contributed by atoms with van der Waals surface area (Å²) in [6.45, 7) is 2.73. The Bertz CT molecular complexity index is 427. The third-order valence-corrected chi connectivity index (χ3v) is 3.86. The summed E-state index contributed by atoms with van der Waals surface area (Å²) in [5, 5.41) is 3.28. The highest BCUT2D eigenvalue weighted by Gasteiger charge is 2.36. The second-order valence-corrected chi connectivity index (χ2v) is 5.46. The topological polar surface area (TPSA) is 12.0 Å². The van der Waals surface area contributed by atoms with Gasteiger partial charge in [0.25, 0.3) is 0 Å². The molecule has 1 nitrogen and oxygen atoms in total. The molecule has 1 aromatic rings. The Morgan fingerprint density at radius 3 is 2.56 bits per heavy atom. The van der Waals surface area contributed by atoms with Gasteiger partial charge in [-0.1, -0.05) is 28.9 Å². The van der Waals surface area contributed by atoms with Crippen LogP contribution < -0.4 is 5.32 Å². The van der Waals surface area contributed by atoms with Crippen LogP contribution in [0.4, 0.5) is 13.2 Å². The molecule has 2 rings (SSSR count). The molecule has 0 bridgehead atoms. The smallest absolute Gasteiger partial charge is 0.310 e. The van der Waals surface area contributed by atoms with Crippen molar-refractivity contribution >= 4 is 15.9 Å². The number of rotatable bonds is 4. The number of alkyl halides is 3. The minimum Gasteiger partial charge on any atom is -0.310 e. The van der Waals surface area contributed by atoms with Crippen molar-refractivity contribution in [3.63, 3.8) is 0 Å². The zero-order chi connectivity index (χ0) is 13.3. The average molecular weight is 322 g/mol. The molecule has 0 heterocycles. The van der Waals surface area contributed by atoms with Crippen LogP contribution in [-0.2, 0) is 6.18 Å². The van der Waals surface area contributed by atoms with E-state index in [0.29, 0.717) is 5.92 Å². The van der Waals surface area contributed by atoms with Crippen LogP contribution in [0.1, 0.15) is 36.9 Å². The molecule has 0 aromatic heterocycles. The van der Waals surface area contributed by atoms with Gasteiger partial charge in [-0.3, -0.25) is 0 Å². The third-order valence-electron chi connectivity index (χ3n) is 3.17. The van der Waals surface area contributed by atoms with E-state index in [0.717, 1.165) is 24.9 Å². The fraction of sp³-hybridized carbons (Fsp3) is 0.538. The molecule has 100 valence electrons. The fourth-order valence-electron chi connectivity index (χ4n) is 2.16. The van der Waals surface area contributed by atoms with E-state index in [1.165, 1.54) is 12.1 Å². The number of nitrogens with one attached hydrogen (secondary N) is 1. The Balaban J connectivity index is 2.33. The van der Waals surface area contributed by atoms with E-state index >= 15 is 0 Å². The molecular formula is C13H15BrF3N. The van der Waals surface area contributed by atoms with Gasteiger partial charge < -0.3 is 5.32 Å². The Morgan fingerprint density at radius 1 is 1.39 bits per heavy atom. The first-order valence-electron chi connectivity index (χ1n) is 6.03. The van der Waals surface area contributed by atoms with E-state index in [2.05, 4.69) is 21.2 Å². The molecule has 1 fully saturated rings. The lowest BCUT2D eigenvalue weighted by molar-refractivity contribution is -0.138. The summed E-state index contributed by atoms with van der Waals surface area (Å²) in [4.78, 5) is 0. The summed E-state index contributed by atoms with van der Waals surface area (Å²) in [5.41, 5.74) is 0.137. The minimum absolute atomic E-state index is 0.0456. The maximum Gasteiger partial charge on any atom is 0.417 e. The van der Waals surface area contributed by atoms with Crippen LogP contribution in [0.2, 0.25) is 0 Å². The zero-order valence-corrected chi connectivity index (χ0v) is 11.6. The van der Waals surface area contributed by atoms with Gasteiger partial charge in [0, 0.05) is 10.5 Å². The van der Waals surface area contributed by atoms with Crippen molar-refractivity contribution in [2.75, 3.05) is 6.54 Å². The number of halogens is 4. The first-order valence-corrected chi connectivity index (χ1v) is 6.82. The summed E-state index contributed by atoms with van der Waals surface area (Å²) in [5.74, 6) is 0.479. The Labute approximate surface area is 113 Å². The second kappa shape index (κ2) is 5.21. The highest BCUT2D eigenvalue weighted by atomic mass is 79.9. The molecule has 0 saturated heterocycles. The van der Waals surface area contributed by atoms with E-state index < -0.39 is 11.7 Å². The largest absolute Gasteiger partial charge is 0.417 e. The number of hydrogen-bond donors (Lipinski definition) is 1. The summed E-state index contributed by atoms with van der Waals surface area (Å²) in [6, 6.07) is 4.56. The van der Waals surface area contributed by atoms with Gasteiger partial charge in [0.1, 0.15) is 0 Å². The Kier molecular flexibility index (Phi) is 4.02. The fourth-order valence-corrected chi connectivity index (χ4v) is 2.63. The van der Waals surface area contributed by atoms with Crippen LogP contribution in [0.25, 0.3) is 0 Å². The van der Waals surface area contributed by atoms with Crippen molar-refractivity contribution in [3.8, 4) is 0 Å². The van der Waals surface area contributed by atoms with Crippen molar-refractivity contribution in [2.45, 2.75) is 32.0 Å². The molecule has 1 aromatic carbocycles. The molecule has 1 N–H and O–H groups in total. The Morgan fingerprint density at radius 2 is 2.06 bits per heavy atom. The molecule has 0 amide bonds. The number of hydrogen-bond acceptors (Lipinski definition) is 1. The lowest BCUT2D eigenvalue weighted by Crippen LogP contribution is -2.23. The van der Waals surface area contributed by atoms with Crippen LogP contribution in [0.3, 0.4) is 0 Å². The van der Waals surface area contributed by atoms with Gasteiger partial charge in [-0.25, -0.2) is 0 Å². The molecule has 5 heteroatoms. The van der Waals surface area contributed by atoms with E-state index in [4.69, 9.17) is 0 Å². The zero-order valence-electron chi connectivity index (χ0n) is 10.0. The predicted molar refractivity (Wildman–Crippen MR) is 68.3 cm³/mol. The summed E-state index contributed by atoms with van der Waals surface area (Å²) in [7, 11) is 0. The van der Waals surface area contributed by atoms with Crippen LogP contribution in [0.5, 0.6) is 0 Å². The summed E-state index contributed by atoms with van der Waals surface area (Å²) < 4.78 is 38.6. The van der Waals surface area contributed by atoms with Crippen molar-refractivity contribution in [3.05, 3.63) is 33.8 Å². The van der Waals surface area contributed by atoms with Gasteiger partial charge in [-0.05, 0) is 43.0 Å². The maximum absolute atomic E-state index is 12.8. The lowest BCUT2D eigenvalue weighted by atomic mass is 10.00. The van der Waals surface area contributed by atoms with Gasteiger partial charge in [0.2, 0.25) is 0 Å². The molecule has 1 unspecified atom stereocenters. The van der Waals surface area contributed by atoms with Crippen LogP contribution in [0.15, 0.2) is 22.7 Å². The maximum atomic E-state index is 12.8. The lowest BCUT2D eigenvalue weighted by Gasteiger charge is -2.20. The first kappa shape index (κ1) is 13.9. The molecule has 0 spiro atoms. The van der Waals surface area contributed by atoms with Crippen molar-refractivity contribution in [1.29, 1.82) is 0 Å². The second-order valence-electron chi connectivity index (χ2n) is 4.61. The normalized spacial score (nSPS) is 17.8. The number of benzene rings is 1. The highest BCUT2D eigenvalue weighted by Crippen LogP contribution is 2.43. The average Bonchev–Trinajstić information content (AvgIpc) is 3.09. The van der Waals surface area contributed by atoms with Crippen molar-refractivity contribution < 1.29 is 13.2 Å². The molecular weight excluding hydrogens is 307 g/mol. The third kappa shape index (κ3) is 3.06. The van der Waals surface area contributed by atoms with Crippen LogP contribution in [-0.4, -0.2) is 6.54 Å². The van der Waals surface area contributed by atoms with E-state index in [1.807, 2.05) is 6.92 Å². The van der Waals surface area contributed by atoms with E-state index in [-0.39, 0.29) is 10.5 Å². The van der Waals surface area contributed by atoms with Gasteiger partial charge in [-0.15, -0.1) is 0 Å². The monoisotopic (exact) mass is 321 g/mol. The van der Waals surface area contributed by atoms with Crippen LogP contribution >= 0.6 is 15.9 Å². The molecule has 1 saturated carbocycles. The molecule has 0 radical (unpaired) electrons. The van der Waals surface area contributed by atoms with Gasteiger partial charge >= 0.3 is 6.18 Å². The molecule has 1 aliphatic rings. The highest BCUT2D eigenvalue weighted by molar-refractivity contribution is 9.10. The van der Waals surface area contributed by atoms with Crippen molar-refractivity contribution in [2.24, 2.45) is 5.92 Å². The van der Waals surface area contributed by atoms with Gasteiger partial charge in [0.05, 0.1) is 5.56 Å². The molecule has 1 aliphatic carbocycles. The Hall–Kier alpha value is -0.550. The van der Waals surface area contributed by atoms with Gasteiger partial charge in [0.15, 0.2) is 0 Å². The van der Waals surface area contributed by atoms with E-state index in [1.54, 1.807) is 6.07 Å². The molecule has 0 aliphatic heterocycles. The quantitative estimate of drug-likeness (QED) is 0.859. The minimum atomic E-state index is -4.31. The SMILES string of the molecule is CCNC(c1ccc(Br)c(C(F)(F)F)c1)C1CC1. The van der Waals surface area contributed by atoms with Crippen molar-refractivity contribution in [1.82, 2.24) is 5.32 Å². The summed E-state index contributed by atoms with van der Waals surface area (Å²) >= 11 is 2.97. The molecule has 18 heavy (non-hydrogen) atoms. The predicted octanol–water partition coefficient (Wildman–Crippen LogP) is 4.53. The first-order chi connectivity index (χ1) is 8.43. The summed E-state index contributed by atoms with van der Waals surface area (Å²) in [6.07, 6.45) is -2.13. The standard InChI is InChI=1S/C13H15BrF3N/c1-2-18-12(8-3-4-8)9-5-6-11(14)10(7-9)13(15,16)17/h5-8,12,18H,2-4H2,1H3. The van der Waals surface area contributed by atoms with E-state index in [9.17, 15) is 13.2 Å². The van der Waals surface area contributed by atoms with Crippen LogP contribution in [0, 0.1) is 5.92 Å².